The van der Waals surface area contributed by atoms with Gasteiger partial charge in [0, 0.05) is 17.3 Å². The maximum Gasteiger partial charge on any atom is 0.573 e. The second kappa shape index (κ2) is 5.26. The Morgan fingerprint density at radius 3 is 2.50 bits per heavy atom. The zero-order chi connectivity index (χ0) is 13.0. The lowest BCUT2D eigenvalue weighted by molar-refractivity contribution is -0.274. The molecule has 0 unspecified atom stereocenters. The van der Waals surface area contributed by atoms with E-state index in [1.807, 2.05) is 5.38 Å². The SMILES string of the molecule is FC(F)(F)Oc1ccc(NCc2nccs2)cc1. The number of aromatic nitrogens is 1. The van der Waals surface area contributed by atoms with E-state index in [1.165, 1.54) is 35.6 Å². The Morgan fingerprint density at radius 1 is 1.22 bits per heavy atom. The van der Waals surface area contributed by atoms with Crippen LogP contribution in [0.1, 0.15) is 5.01 Å². The number of anilines is 1. The maximum atomic E-state index is 11.9. The van der Waals surface area contributed by atoms with Gasteiger partial charge in [0.25, 0.3) is 0 Å². The molecule has 0 aliphatic heterocycles. The van der Waals surface area contributed by atoms with Crippen molar-refractivity contribution < 1.29 is 17.9 Å². The predicted molar refractivity (Wildman–Crippen MR) is 62.6 cm³/mol. The van der Waals surface area contributed by atoms with Gasteiger partial charge in [0.1, 0.15) is 10.8 Å². The standard InChI is InChI=1S/C11H9F3N2OS/c12-11(13,14)17-9-3-1-8(2-4-9)16-7-10-15-5-6-18-10/h1-6,16H,7H2. The normalized spacial score (nSPS) is 11.3. The first-order valence-electron chi connectivity index (χ1n) is 5.01. The number of nitrogens with zero attached hydrogens (tertiary/aromatic N) is 1. The van der Waals surface area contributed by atoms with Gasteiger partial charge in [-0.15, -0.1) is 24.5 Å². The van der Waals surface area contributed by atoms with E-state index in [0.717, 1.165) is 5.01 Å². The molecular formula is C11H9F3N2OS. The Kier molecular flexibility index (Phi) is 3.71. The molecule has 1 heterocycles. The van der Waals surface area contributed by atoms with Crippen molar-refractivity contribution in [3.8, 4) is 5.75 Å². The zero-order valence-electron chi connectivity index (χ0n) is 9.07. The van der Waals surface area contributed by atoms with Crippen molar-refractivity contribution in [2.75, 3.05) is 5.32 Å². The van der Waals surface area contributed by atoms with Gasteiger partial charge in [-0.3, -0.25) is 0 Å². The fourth-order valence-corrected chi connectivity index (χ4v) is 1.85. The van der Waals surface area contributed by atoms with Crippen molar-refractivity contribution in [1.29, 1.82) is 0 Å². The number of ether oxygens (including phenoxy) is 1. The van der Waals surface area contributed by atoms with E-state index < -0.39 is 6.36 Å². The molecular weight excluding hydrogens is 265 g/mol. The van der Waals surface area contributed by atoms with Gasteiger partial charge in [0.2, 0.25) is 0 Å². The summed E-state index contributed by atoms with van der Waals surface area (Å²) >= 11 is 1.51. The van der Waals surface area contributed by atoms with Gasteiger partial charge >= 0.3 is 6.36 Å². The highest BCUT2D eigenvalue weighted by Gasteiger charge is 2.30. The second-order valence-corrected chi connectivity index (χ2v) is 4.33. The molecule has 0 atom stereocenters. The number of halogens is 3. The zero-order valence-corrected chi connectivity index (χ0v) is 9.89. The van der Waals surface area contributed by atoms with Gasteiger partial charge in [-0.25, -0.2) is 4.98 Å². The van der Waals surface area contributed by atoms with Gasteiger partial charge in [-0.05, 0) is 24.3 Å². The van der Waals surface area contributed by atoms with Gasteiger partial charge in [0.05, 0.1) is 6.54 Å². The van der Waals surface area contributed by atoms with Crippen LogP contribution in [-0.4, -0.2) is 11.3 Å². The molecule has 3 nitrogen and oxygen atoms in total. The quantitative estimate of drug-likeness (QED) is 0.924. The lowest BCUT2D eigenvalue weighted by atomic mass is 10.3. The molecule has 0 aliphatic carbocycles. The number of thiazole rings is 1. The van der Waals surface area contributed by atoms with Crippen molar-refractivity contribution in [3.05, 3.63) is 40.8 Å². The summed E-state index contributed by atoms with van der Waals surface area (Å²) in [5.41, 5.74) is 0.708. The highest BCUT2D eigenvalue weighted by Crippen LogP contribution is 2.24. The van der Waals surface area contributed by atoms with Crippen LogP contribution in [0.4, 0.5) is 18.9 Å². The van der Waals surface area contributed by atoms with Crippen LogP contribution in [0.15, 0.2) is 35.8 Å². The highest BCUT2D eigenvalue weighted by molar-refractivity contribution is 7.09. The minimum absolute atomic E-state index is 0.234. The van der Waals surface area contributed by atoms with Crippen LogP contribution in [-0.2, 0) is 6.54 Å². The van der Waals surface area contributed by atoms with Crippen molar-refractivity contribution in [2.45, 2.75) is 12.9 Å². The first kappa shape index (κ1) is 12.7. The first-order chi connectivity index (χ1) is 8.53. The summed E-state index contributed by atoms with van der Waals surface area (Å²) in [4.78, 5) is 4.08. The van der Waals surface area contributed by atoms with E-state index in [0.29, 0.717) is 12.2 Å². The number of rotatable bonds is 4. The van der Waals surface area contributed by atoms with Crippen LogP contribution in [0.25, 0.3) is 0 Å². The van der Waals surface area contributed by atoms with Crippen molar-refractivity contribution in [2.24, 2.45) is 0 Å². The van der Waals surface area contributed by atoms with Crippen molar-refractivity contribution in [3.63, 3.8) is 0 Å². The third-order valence-electron chi connectivity index (χ3n) is 2.02. The molecule has 1 aromatic carbocycles. The highest BCUT2D eigenvalue weighted by atomic mass is 32.1. The summed E-state index contributed by atoms with van der Waals surface area (Å²) in [5, 5.41) is 5.81. The molecule has 18 heavy (non-hydrogen) atoms. The van der Waals surface area contributed by atoms with Gasteiger partial charge < -0.3 is 10.1 Å². The van der Waals surface area contributed by atoms with Crippen LogP contribution < -0.4 is 10.1 Å². The second-order valence-electron chi connectivity index (χ2n) is 3.35. The van der Waals surface area contributed by atoms with E-state index in [1.54, 1.807) is 6.20 Å². The Hall–Kier alpha value is -1.76. The molecule has 0 radical (unpaired) electrons. The third kappa shape index (κ3) is 3.92. The summed E-state index contributed by atoms with van der Waals surface area (Å²) in [6, 6.07) is 5.57. The van der Waals surface area contributed by atoms with Crippen LogP contribution in [0.5, 0.6) is 5.75 Å². The topological polar surface area (TPSA) is 34.1 Å². The molecule has 0 saturated carbocycles. The Bertz CT molecular complexity index is 482. The van der Waals surface area contributed by atoms with E-state index in [2.05, 4.69) is 15.0 Å². The van der Waals surface area contributed by atoms with Crippen LogP contribution in [0.2, 0.25) is 0 Å². The van der Waals surface area contributed by atoms with E-state index in [9.17, 15) is 13.2 Å². The van der Waals surface area contributed by atoms with Gasteiger partial charge in [0.15, 0.2) is 0 Å². The third-order valence-corrected chi connectivity index (χ3v) is 2.79. The molecule has 0 aliphatic rings. The molecule has 0 spiro atoms. The summed E-state index contributed by atoms with van der Waals surface area (Å²) in [5.74, 6) is -0.234. The summed E-state index contributed by atoms with van der Waals surface area (Å²) in [6.45, 7) is 0.539. The van der Waals surface area contributed by atoms with E-state index >= 15 is 0 Å². The van der Waals surface area contributed by atoms with Crippen molar-refractivity contribution in [1.82, 2.24) is 4.98 Å². The summed E-state index contributed by atoms with van der Waals surface area (Å²) in [6.07, 6.45) is -2.96. The number of hydrogen-bond donors (Lipinski definition) is 1. The molecule has 1 aromatic heterocycles. The monoisotopic (exact) mass is 274 g/mol. The number of nitrogens with one attached hydrogen (secondary N) is 1. The van der Waals surface area contributed by atoms with Gasteiger partial charge in [-0.2, -0.15) is 0 Å². The van der Waals surface area contributed by atoms with Crippen LogP contribution in [0.3, 0.4) is 0 Å². The van der Waals surface area contributed by atoms with E-state index in [4.69, 9.17) is 0 Å². The van der Waals surface area contributed by atoms with E-state index in [-0.39, 0.29) is 5.75 Å². The smallest absolute Gasteiger partial charge is 0.406 e. The molecule has 0 fully saturated rings. The maximum absolute atomic E-state index is 11.9. The average molecular weight is 274 g/mol. The largest absolute Gasteiger partial charge is 0.573 e. The molecule has 0 bridgehead atoms. The molecule has 2 aromatic rings. The molecule has 7 heteroatoms. The minimum atomic E-state index is -4.66. The lowest BCUT2D eigenvalue weighted by Crippen LogP contribution is -2.17. The number of hydrogen-bond acceptors (Lipinski definition) is 4. The fourth-order valence-electron chi connectivity index (χ4n) is 1.29. The first-order valence-corrected chi connectivity index (χ1v) is 5.89. The molecule has 1 N–H and O–H groups in total. The lowest BCUT2D eigenvalue weighted by Gasteiger charge is -2.09. The van der Waals surface area contributed by atoms with Crippen LogP contribution >= 0.6 is 11.3 Å². The Balaban J connectivity index is 1.91. The number of alkyl halides is 3. The summed E-state index contributed by atoms with van der Waals surface area (Å²) < 4.78 is 39.6. The average Bonchev–Trinajstić information content (AvgIpc) is 2.79. The minimum Gasteiger partial charge on any atom is -0.406 e. The molecule has 96 valence electrons. The van der Waals surface area contributed by atoms with Gasteiger partial charge in [-0.1, -0.05) is 0 Å². The van der Waals surface area contributed by atoms with Crippen LogP contribution in [0, 0.1) is 0 Å². The van der Waals surface area contributed by atoms with Crippen molar-refractivity contribution >= 4 is 17.0 Å². The Morgan fingerprint density at radius 2 is 1.94 bits per heavy atom. The molecule has 0 amide bonds. The Labute approximate surface area is 105 Å². The predicted octanol–water partition coefficient (Wildman–Crippen LogP) is 3.65. The molecule has 0 saturated heterocycles. The number of benzene rings is 1. The molecule has 2 rings (SSSR count). The summed E-state index contributed by atoms with van der Waals surface area (Å²) in [7, 11) is 0. The fraction of sp³-hybridized carbons (Fsp3) is 0.182.